The van der Waals surface area contributed by atoms with Gasteiger partial charge in [-0.25, -0.2) is 0 Å². The first-order chi connectivity index (χ1) is 7.50. The highest BCUT2D eigenvalue weighted by molar-refractivity contribution is 9.10. The van der Waals surface area contributed by atoms with Gasteiger partial charge in [-0.05, 0) is 25.5 Å². The standard InChI is InChI=1S/C12H14BrNO2/c1-8(15)7-12(16)14-9(2)10-5-3-4-6-11(10)13/h3-6,9H,7H2,1-2H3,(H,14,16). The summed E-state index contributed by atoms with van der Waals surface area (Å²) in [6, 6.07) is 7.57. The highest BCUT2D eigenvalue weighted by Crippen LogP contribution is 2.22. The number of rotatable bonds is 4. The van der Waals surface area contributed by atoms with Crippen LogP contribution in [0.15, 0.2) is 28.7 Å². The zero-order valence-corrected chi connectivity index (χ0v) is 10.9. The van der Waals surface area contributed by atoms with E-state index in [1.54, 1.807) is 0 Å². The summed E-state index contributed by atoms with van der Waals surface area (Å²) in [6.07, 6.45) is -0.0607. The van der Waals surface area contributed by atoms with E-state index in [2.05, 4.69) is 21.2 Å². The fraction of sp³-hybridized carbons (Fsp3) is 0.333. The topological polar surface area (TPSA) is 46.2 Å². The van der Waals surface area contributed by atoms with Crippen molar-refractivity contribution in [1.29, 1.82) is 0 Å². The summed E-state index contributed by atoms with van der Waals surface area (Å²) in [4.78, 5) is 22.2. The highest BCUT2D eigenvalue weighted by atomic mass is 79.9. The molecular formula is C12H14BrNO2. The van der Waals surface area contributed by atoms with Crippen LogP contribution in [0.3, 0.4) is 0 Å². The van der Waals surface area contributed by atoms with Gasteiger partial charge in [0.2, 0.25) is 5.91 Å². The molecule has 3 nitrogen and oxygen atoms in total. The van der Waals surface area contributed by atoms with Crippen molar-refractivity contribution in [1.82, 2.24) is 5.32 Å². The summed E-state index contributed by atoms with van der Waals surface area (Å²) in [5.74, 6) is -0.368. The molecule has 1 atom stereocenters. The van der Waals surface area contributed by atoms with Gasteiger partial charge in [0.25, 0.3) is 0 Å². The van der Waals surface area contributed by atoms with E-state index in [1.807, 2.05) is 31.2 Å². The highest BCUT2D eigenvalue weighted by Gasteiger charge is 2.12. The van der Waals surface area contributed by atoms with E-state index < -0.39 is 0 Å². The van der Waals surface area contributed by atoms with E-state index in [0.29, 0.717) is 0 Å². The van der Waals surface area contributed by atoms with Crippen LogP contribution in [0, 0.1) is 0 Å². The Morgan fingerprint density at radius 3 is 2.56 bits per heavy atom. The Morgan fingerprint density at radius 1 is 1.38 bits per heavy atom. The van der Waals surface area contributed by atoms with Crippen molar-refractivity contribution < 1.29 is 9.59 Å². The monoisotopic (exact) mass is 283 g/mol. The van der Waals surface area contributed by atoms with Crippen LogP contribution in [-0.2, 0) is 9.59 Å². The molecule has 1 rings (SSSR count). The molecule has 0 aliphatic rings. The largest absolute Gasteiger partial charge is 0.349 e. The normalized spacial score (nSPS) is 11.9. The molecule has 0 aliphatic carbocycles. The van der Waals surface area contributed by atoms with Crippen molar-refractivity contribution in [2.24, 2.45) is 0 Å². The van der Waals surface area contributed by atoms with E-state index in [4.69, 9.17) is 0 Å². The number of halogens is 1. The molecule has 1 amide bonds. The SMILES string of the molecule is CC(=O)CC(=O)NC(C)c1ccccc1Br. The minimum absolute atomic E-state index is 0.0607. The smallest absolute Gasteiger partial charge is 0.227 e. The lowest BCUT2D eigenvalue weighted by molar-refractivity contribution is -0.127. The summed E-state index contributed by atoms with van der Waals surface area (Å²) in [5.41, 5.74) is 0.999. The van der Waals surface area contributed by atoms with Crippen LogP contribution in [0.25, 0.3) is 0 Å². The molecule has 16 heavy (non-hydrogen) atoms. The first kappa shape index (κ1) is 12.9. The van der Waals surface area contributed by atoms with E-state index in [1.165, 1.54) is 6.92 Å². The Labute approximate surface area is 103 Å². The van der Waals surface area contributed by atoms with Gasteiger partial charge >= 0.3 is 0 Å². The predicted octanol–water partition coefficient (Wildman–Crippen LogP) is 2.61. The molecule has 1 aromatic rings. The molecule has 0 saturated carbocycles. The molecule has 0 fully saturated rings. The number of hydrogen-bond donors (Lipinski definition) is 1. The minimum atomic E-state index is -0.240. The average Bonchev–Trinajstić information content (AvgIpc) is 2.16. The van der Waals surface area contributed by atoms with E-state index in [-0.39, 0.29) is 24.2 Å². The summed E-state index contributed by atoms with van der Waals surface area (Å²) < 4.78 is 0.950. The van der Waals surface area contributed by atoms with Gasteiger partial charge in [0.05, 0.1) is 12.5 Å². The second-order valence-electron chi connectivity index (χ2n) is 3.69. The van der Waals surface area contributed by atoms with Crippen LogP contribution in [-0.4, -0.2) is 11.7 Å². The maximum Gasteiger partial charge on any atom is 0.227 e. The maximum atomic E-state index is 11.4. The second kappa shape index (κ2) is 5.80. The third-order valence-corrected chi connectivity index (χ3v) is 2.88. The molecule has 86 valence electrons. The molecule has 0 aliphatic heterocycles. The maximum absolute atomic E-state index is 11.4. The van der Waals surface area contributed by atoms with Gasteiger partial charge in [0, 0.05) is 4.47 Å². The molecule has 0 aromatic heterocycles. The lowest BCUT2D eigenvalue weighted by Crippen LogP contribution is -2.28. The van der Waals surface area contributed by atoms with Gasteiger partial charge < -0.3 is 5.32 Å². The van der Waals surface area contributed by atoms with Gasteiger partial charge in [-0.15, -0.1) is 0 Å². The van der Waals surface area contributed by atoms with Gasteiger partial charge in [0.1, 0.15) is 5.78 Å². The first-order valence-corrected chi connectivity index (χ1v) is 5.83. The third-order valence-electron chi connectivity index (χ3n) is 2.16. The Kier molecular flexibility index (Phi) is 4.68. The molecule has 0 radical (unpaired) electrons. The quantitative estimate of drug-likeness (QED) is 0.864. The van der Waals surface area contributed by atoms with E-state index in [0.717, 1.165) is 10.0 Å². The van der Waals surface area contributed by atoms with Gasteiger partial charge in [0.15, 0.2) is 0 Å². The molecule has 0 spiro atoms. The lowest BCUT2D eigenvalue weighted by Gasteiger charge is -2.15. The van der Waals surface area contributed by atoms with E-state index in [9.17, 15) is 9.59 Å². The van der Waals surface area contributed by atoms with Crippen molar-refractivity contribution in [3.05, 3.63) is 34.3 Å². The number of ketones is 1. The van der Waals surface area contributed by atoms with Crippen LogP contribution in [0.2, 0.25) is 0 Å². The molecule has 1 aromatic carbocycles. The van der Waals surface area contributed by atoms with E-state index >= 15 is 0 Å². The average molecular weight is 284 g/mol. The molecule has 0 heterocycles. The third kappa shape index (κ3) is 3.77. The van der Waals surface area contributed by atoms with Crippen LogP contribution >= 0.6 is 15.9 Å². The number of carbonyl (C=O) groups is 2. The number of carbonyl (C=O) groups excluding carboxylic acids is 2. The summed E-state index contributed by atoms with van der Waals surface area (Å²) in [5, 5.41) is 2.78. The van der Waals surface area contributed by atoms with Gasteiger partial charge in [-0.3, -0.25) is 9.59 Å². The Morgan fingerprint density at radius 2 is 2.00 bits per heavy atom. The predicted molar refractivity (Wildman–Crippen MR) is 66.0 cm³/mol. The van der Waals surface area contributed by atoms with Crippen molar-refractivity contribution in [2.75, 3.05) is 0 Å². The van der Waals surface area contributed by atoms with Crippen molar-refractivity contribution in [3.8, 4) is 0 Å². The van der Waals surface area contributed by atoms with Crippen LogP contribution in [0.4, 0.5) is 0 Å². The number of amides is 1. The number of benzene rings is 1. The molecule has 4 heteroatoms. The summed E-state index contributed by atoms with van der Waals surface area (Å²) >= 11 is 3.42. The minimum Gasteiger partial charge on any atom is -0.349 e. The Balaban J connectivity index is 2.66. The molecule has 1 N–H and O–H groups in total. The van der Waals surface area contributed by atoms with Crippen LogP contribution in [0.1, 0.15) is 31.9 Å². The molecule has 0 bridgehead atoms. The number of hydrogen-bond acceptors (Lipinski definition) is 2. The van der Waals surface area contributed by atoms with Gasteiger partial charge in [-0.1, -0.05) is 34.1 Å². The fourth-order valence-corrected chi connectivity index (χ4v) is 2.05. The summed E-state index contributed by atoms with van der Waals surface area (Å²) in [6.45, 7) is 3.29. The molecular weight excluding hydrogens is 270 g/mol. The first-order valence-electron chi connectivity index (χ1n) is 5.04. The van der Waals surface area contributed by atoms with Crippen LogP contribution < -0.4 is 5.32 Å². The Hall–Kier alpha value is -1.16. The zero-order valence-electron chi connectivity index (χ0n) is 9.29. The summed E-state index contributed by atoms with van der Waals surface area (Å²) in [7, 11) is 0. The number of Topliss-reactive ketones (excluding diaryl/α,β-unsaturated/α-hetero) is 1. The van der Waals surface area contributed by atoms with Crippen molar-refractivity contribution in [3.63, 3.8) is 0 Å². The van der Waals surface area contributed by atoms with Gasteiger partial charge in [-0.2, -0.15) is 0 Å². The fourth-order valence-electron chi connectivity index (χ4n) is 1.42. The Bertz CT molecular complexity index is 404. The van der Waals surface area contributed by atoms with Crippen LogP contribution in [0.5, 0.6) is 0 Å². The zero-order chi connectivity index (χ0) is 12.1. The second-order valence-corrected chi connectivity index (χ2v) is 4.54. The number of nitrogens with one attached hydrogen (secondary N) is 1. The molecule has 0 saturated heterocycles. The molecule has 1 unspecified atom stereocenters. The van der Waals surface area contributed by atoms with Crippen molar-refractivity contribution >= 4 is 27.6 Å². The van der Waals surface area contributed by atoms with Crippen molar-refractivity contribution in [2.45, 2.75) is 26.3 Å². The lowest BCUT2D eigenvalue weighted by atomic mass is 10.1.